The first-order chi connectivity index (χ1) is 16.7. The Balaban J connectivity index is 0.00000117. The van der Waals surface area contributed by atoms with Crippen molar-refractivity contribution >= 4 is 5.69 Å². The lowest BCUT2D eigenvalue weighted by molar-refractivity contribution is 0.126. The molecule has 0 amide bonds. The molecule has 2 N–H and O–H groups in total. The smallest absolute Gasteiger partial charge is 0.115 e. The monoisotopic (exact) mass is 454 g/mol. The van der Waals surface area contributed by atoms with Crippen LogP contribution in [0, 0.1) is 5.41 Å². The first kappa shape index (κ1) is 23.0. The van der Waals surface area contributed by atoms with Gasteiger partial charge in [-0.15, -0.1) is 0 Å². The third-order valence-electron chi connectivity index (χ3n) is 8.26. The van der Waals surface area contributed by atoms with Crippen LogP contribution in [0.2, 0.25) is 0 Å². The first-order valence-electron chi connectivity index (χ1n) is 13.1. The van der Waals surface area contributed by atoms with Gasteiger partial charge in [-0.05, 0) is 83.5 Å². The molecular weight excluding hydrogens is 416 g/mol. The minimum Gasteiger partial charge on any atom is -0.508 e. The van der Waals surface area contributed by atoms with Crippen LogP contribution in [-0.4, -0.2) is 31.3 Å². The van der Waals surface area contributed by atoms with Crippen LogP contribution in [0.4, 0.5) is 5.69 Å². The van der Waals surface area contributed by atoms with E-state index in [0.29, 0.717) is 23.0 Å². The molecule has 3 heteroatoms. The van der Waals surface area contributed by atoms with Crippen molar-refractivity contribution in [2.75, 3.05) is 31.1 Å². The second-order valence-electron chi connectivity index (χ2n) is 10.1. The molecule has 1 spiro atoms. The fourth-order valence-corrected chi connectivity index (χ4v) is 6.24. The summed E-state index contributed by atoms with van der Waals surface area (Å²) in [6, 6.07) is 26.3. The van der Waals surface area contributed by atoms with E-state index in [1.165, 1.54) is 67.0 Å². The van der Waals surface area contributed by atoms with E-state index in [0.717, 1.165) is 12.8 Å². The van der Waals surface area contributed by atoms with Crippen molar-refractivity contribution in [3.8, 4) is 5.75 Å². The van der Waals surface area contributed by atoms with Gasteiger partial charge in [0.05, 0.1) is 0 Å². The summed E-state index contributed by atoms with van der Waals surface area (Å²) in [7, 11) is 0. The highest BCUT2D eigenvalue weighted by Gasteiger charge is 2.39. The van der Waals surface area contributed by atoms with Crippen molar-refractivity contribution in [1.29, 1.82) is 0 Å². The molecule has 0 radical (unpaired) electrons. The van der Waals surface area contributed by atoms with Crippen LogP contribution in [0.1, 0.15) is 67.2 Å². The zero-order chi connectivity index (χ0) is 23.5. The predicted octanol–water partition coefficient (Wildman–Crippen LogP) is 6.47. The number of piperidine rings is 1. The van der Waals surface area contributed by atoms with E-state index in [1.54, 1.807) is 0 Å². The molecule has 1 aliphatic carbocycles. The van der Waals surface area contributed by atoms with E-state index in [1.807, 2.05) is 26.0 Å². The Kier molecular flexibility index (Phi) is 6.65. The second kappa shape index (κ2) is 9.84. The number of aromatic hydroxyl groups is 1. The van der Waals surface area contributed by atoms with Gasteiger partial charge in [0.15, 0.2) is 0 Å². The Morgan fingerprint density at radius 1 is 0.853 bits per heavy atom. The quantitative estimate of drug-likeness (QED) is 0.476. The van der Waals surface area contributed by atoms with Crippen molar-refractivity contribution in [3.63, 3.8) is 0 Å². The molecule has 3 aliphatic rings. The zero-order valence-corrected chi connectivity index (χ0v) is 20.6. The Labute approximate surface area is 204 Å². The van der Waals surface area contributed by atoms with Crippen molar-refractivity contribution in [2.24, 2.45) is 5.41 Å². The van der Waals surface area contributed by atoms with Crippen LogP contribution in [0.25, 0.3) is 0 Å². The van der Waals surface area contributed by atoms with Gasteiger partial charge in [0.25, 0.3) is 0 Å². The van der Waals surface area contributed by atoms with Gasteiger partial charge in [0, 0.05) is 37.8 Å². The van der Waals surface area contributed by atoms with Crippen molar-refractivity contribution in [3.05, 3.63) is 95.1 Å². The molecule has 2 fully saturated rings. The fourth-order valence-electron chi connectivity index (χ4n) is 6.24. The van der Waals surface area contributed by atoms with Crippen LogP contribution in [0.5, 0.6) is 5.75 Å². The number of phenols is 1. The number of benzene rings is 3. The highest BCUT2D eigenvalue weighted by atomic mass is 16.3. The molecule has 0 aromatic heterocycles. The molecule has 2 aliphatic heterocycles. The minimum absolute atomic E-state index is 0.321. The molecule has 2 saturated heterocycles. The van der Waals surface area contributed by atoms with E-state index in [-0.39, 0.29) is 0 Å². The number of nitrogens with zero attached hydrogens (tertiary/aromatic N) is 1. The lowest BCUT2D eigenvalue weighted by Gasteiger charge is -2.49. The minimum atomic E-state index is 0.321. The maximum Gasteiger partial charge on any atom is 0.115 e. The van der Waals surface area contributed by atoms with Crippen LogP contribution in [0.15, 0.2) is 72.8 Å². The SMILES string of the molecule is CC.Oc1ccc2c(c1)CCC(c1ccccc1)C2c1ccc(N2CCC3(CC2)CNC3)cc1. The Hall–Kier alpha value is -2.78. The third kappa shape index (κ3) is 4.34. The normalized spacial score (nSPS) is 22.8. The number of aryl methyl sites for hydroxylation is 1. The van der Waals surface area contributed by atoms with Gasteiger partial charge >= 0.3 is 0 Å². The van der Waals surface area contributed by atoms with E-state index >= 15 is 0 Å². The van der Waals surface area contributed by atoms with E-state index in [9.17, 15) is 5.11 Å². The topological polar surface area (TPSA) is 35.5 Å². The number of hydrogen-bond acceptors (Lipinski definition) is 3. The predicted molar refractivity (Wildman–Crippen MR) is 142 cm³/mol. The Morgan fingerprint density at radius 2 is 1.56 bits per heavy atom. The summed E-state index contributed by atoms with van der Waals surface area (Å²) in [6.07, 6.45) is 4.73. The highest BCUT2D eigenvalue weighted by Crippen LogP contribution is 2.47. The first-order valence-corrected chi connectivity index (χ1v) is 13.1. The molecule has 3 nitrogen and oxygen atoms in total. The standard InChI is InChI=1S/C29H32N2O.C2H6/c32-25-11-13-27-23(18-25)8-12-26(21-4-2-1-3-5-21)28(27)22-6-9-24(10-7-22)31-16-14-29(15-17-31)19-30-20-29;1-2/h1-7,9-11,13,18,26,28,30,32H,8,12,14-17,19-20H2;1-2H3. The molecule has 34 heavy (non-hydrogen) atoms. The number of phenolic OH excluding ortho intramolecular Hbond substituents is 1. The highest BCUT2D eigenvalue weighted by molar-refractivity contribution is 5.52. The van der Waals surface area contributed by atoms with Gasteiger partial charge in [-0.25, -0.2) is 0 Å². The molecule has 2 atom stereocenters. The van der Waals surface area contributed by atoms with Gasteiger partial charge in [-0.3, -0.25) is 0 Å². The maximum absolute atomic E-state index is 10.1. The molecule has 3 aromatic carbocycles. The largest absolute Gasteiger partial charge is 0.508 e. The van der Waals surface area contributed by atoms with Gasteiger partial charge in [0.1, 0.15) is 5.75 Å². The summed E-state index contributed by atoms with van der Waals surface area (Å²) in [5.74, 6) is 1.15. The molecular formula is C31H38N2O. The Bertz CT molecular complexity index is 1080. The summed E-state index contributed by atoms with van der Waals surface area (Å²) >= 11 is 0. The molecule has 0 bridgehead atoms. The summed E-state index contributed by atoms with van der Waals surface area (Å²) < 4.78 is 0. The van der Waals surface area contributed by atoms with Gasteiger partial charge in [-0.2, -0.15) is 0 Å². The number of hydrogen-bond donors (Lipinski definition) is 2. The average Bonchev–Trinajstić information content (AvgIpc) is 2.89. The van der Waals surface area contributed by atoms with Gasteiger partial charge in [0.2, 0.25) is 0 Å². The molecule has 0 saturated carbocycles. The average molecular weight is 455 g/mol. The summed E-state index contributed by atoms with van der Waals surface area (Å²) in [6.45, 7) is 8.74. The van der Waals surface area contributed by atoms with Crippen molar-refractivity contribution in [2.45, 2.75) is 51.4 Å². The number of nitrogens with one attached hydrogen (secondary N) is 1. The van der Waals surface area contributed by atoms with Gasteiger partial charge in [-0.1, -0.05) is 62.4 Å². The fraction of sp³-hybridized carbons (Fsp3) is 0.419. The number of rotatable bonds is 3. The van der Waals surface area contributed by atoms with E-state index in [4.69, 9.17) is 0 Å². The molecule has 3 aromatic rings. The van der Waals surface area contributed by atoms with Crippen LogP contribution < -0.4 is 10.2 Å². The zero-order valence-electron chi connectivity index (χ0n) is 20.6. The molecule has 6 rings (SSSR count). The van der Waals surface area contributed by atoms with Crippen LogP contribution in [-0.2, 0) is 6.42 Å². The lowest BCUT2D eigenvalue weighted by atomic mass is 9.69. The number of anilines is 1. The molecule has 2 unspecified atom stereocenters. The summed E-state index contributed by atoms with van der Waals surface area (Å²) in [5.41, 5.74) is 7.39. The van der Waals surface area contributed by atoms with E-state index in [2.05, 4.69) is 70.9 Å². The molecule has 2 heterocycles. The molecule has 178 valence electrons. The third-order valence-corrected chi connectivity index (χ3v) is 8.26. The lowest BCUT2D eigenvalue weighted by Crippen LogP contribution is -2.58. The van der Waals surface area contributed by atoms with Gasteiger partial charge < -0.3 is 15.3 Å². The van der Waals surface area contributed by atoms with E-state index < -0.39 is 0 Å². The number of fused-ring (bicyclic) bond motifs is 1. The summed E-state index contributed by atoms with van der Waals surface area (Å²) in [5, 5.41) is 13.5. The summed E-state index contributed by atoms with van der Waals surface area (Å²) in [4.78, 5) is 2.56. The maximum atomic E-state index is 10.1. The second-order valence-corrected chi connectivity index (χ2v) is 10.1. The van der Waals surface area contributed by atoms with Crippen LogP contribution >= 0.6 is 0 Å². The van der Waals surface area contributed by atoms with Crippen LogP contribution in [0.3, 0.4) is 0 Å². The Morgan fingerprint density at radius 3 is 2.21 bits per heavy atom. The van der Waals surface area contributed by atoms with Crippen molar-refractivity contribution < 1.29 is 5.11 Å². The van der Waals surface area contributed by atoms with Crippen molar-refractivity contribution in [1.82, 2.24) is 5.32 Å².